The summed E-state index contributed by atoms with van der Waals surface area (Å²) in [6.45, 7) is -0.334. The highest BCUT2D eigenvalue weighted by Crippen LogP contribution is 2.31. The molecule has 10 heteroatoms. The minimum absolute atomic E-state index is 0.0331. The zero-order valence-corrected chi connectivity index (χ0v) is 18.6. The Morgan fingerprint density at radius 2 is 1.83 bits per heavy atom. The molecule has 2 N–H and O–H groups in total. The lowest BCUT2D eigenvalue weighted by Gasteiger charge is -2.27. The molecule has 0 bridgehead atoms. The molecule has 1 saturated heterocycles. The van der Waals surface area contributed by atoms with E-state index in [0.717, 1.165) is 28.9 Å². The van der Waals surface area contributed by atoms with Gasteiger partial charge in [-0.2, -0.15) is 0 Å². The van der Waals surface area contributed by atoms with Crippen molar-refractivity contribution in [2.24, 2.45) is 0 Å². The molecule has 5 rings (SSSR count). The van der Waals surface area contributed by atoms with E-state index >= 15 is 0 Å². The lowest BCUT2D eigenvalue weighted by atomic mass is 9.87. The third-order valence-electron chi connectivity index (χ3n) is 6.54. The zero-order chi connectivity index (χ0) is 24.7. The second kappa shape index (κ2) is 8.94. The summed E-state index contributed by atoms with van der Waals surface area (Å²) in [6, 6.07) is 7.46. The number of piperidine rings is 1. The van der Waals surface area contributed by atoms with Gasteiger partial charge in [0.25, 0.3) is 17.7 Å². The average Bonchev–Trinajstić information content (AvgIpc) is 3.08. The summed E-state index contributed by atoms with van der Waals surface area (Å²) in [7, 11) is 0. The summed E-state index contributed by atoms with van der Waals surface area (Å²) in [5.74, 6) is -2.96. The molecular weight excluding hydrogens is 457 g/mol. The lowest BCUT2D eigenvalue weighted by molar-refractivity contribution is -0.136. The van der Waals surface area contributed by atoms with Crippen molar-refractivity contribution in [1.29, 1.82) is 0 Å². The number of halogens is 1. The van der Waals surface area contributed by atoms with Crippen molar-refractivity contribution in [2.75, 3.05) is 6.61 Å². The van der Waals surface area contributed by atoms with Gasteiger partial charge in [0.05, 0.1) is 17.2 Å². The zero-order valence-electron chi connectivity index (χ0n) is 18.6. The Bertz CT molecular complexity index is 1280. The Morgan fingerprint density at radius 3 is 2.63 bits per heavy atom. The molecule has 2 heterocycles. The maximum atomic E-state index is 13.7. The van der Waals surface area contributed by atoms with E-state index in [1.165, 1.54) is 30.3 Å². The highest BCUT2D eigenvalue weighted by Gasteiger charge is 2.44. The molecule has 1 fully saturated rings. The number of rotatable bonds is 5. The summed E-state index contributed by atoms with van der Waals surface area (Å²) in [5.41, 5.74) is 1.96. The van der Waals surface area contributed by atoms with Crippen LogP contribution < -0.4 is 15.4 Å². The standard InChI is InChI=1S/C25H22FN3O6/c26-14-5-4-13-2-1-3-19(17(13)10-14)27-22(31)12-35-15-6-7-16-18(11-15)25(34)29(24(16)33)20-8-9-21(30)28-23(20)32/h4-7,10-11,19-20H,1-3,8-9,12H2,(H,27,31)(H,28,30,32)/t19-,20?/m1/s1. The molecule has 2 aromatic carbocycles. The van der Waals surface area contributed by atoms with Crippen LogP contribution in [0.5, 0.6) is 5.75 Å². The predicted molar refractivity (Wildman–Crippen MR) is 119 cm³/mol. The first kappa shape index (κ1) is 22.7. The molecule has 0 radical (unpaired) electrons. The number of benzene rings is 2. The quantitative estimate of drug-likeness (QED) is 0.631. The van der Waals surface area contributed by atoms with Crippen LogP contribution in [0.15, 0.2) is 36.4 Å². The third-order valence-corrected chi connectivity index (χ3v) is 6.54. The van der Waals surface area contributed by atoms with Crippen molar-refractivity contribution in [1.82, 2.24) is 15.5 Å². The van der Waals surface area contributed by atoms with Gasteiger partial charge in [0.15, 0.2) is 6.61 Å². The highest BCUT2D eigenvalue weighted by molar-refractivity contribution is 6.23. The Morgan fingerprint density at radius 1 is 1.03 bits per heavy atom. The number of amides is 5. The van der Waals surface area contributed by atoms with Crippen molar-refractivity contribution in [2.45, 2.75) is 44.2 Å². The predicted octanol–water partition coefficient (Wildman–Crippen LogP) is 1.80. The van der Waals surface area contributed by atoms with Crippen molar-refractivity contribution >= 4 is 29.5 Å². The van der Waals surface area contributed by atoms with Crippen LogP contribution in [0.25, 0.3) is 0 Å². The van der Waals surface area contributed by atoms with Gasteiger partial charge < -0.3 is 10.1 Å². The number of imide groups is 2. The minimum Gasteiger partial charge on any atom is -0.484 e. The first-order chi connectivity index (χ1) is 16.8. The van der Waals surface area contributed by atoms with Gasteiger partial charge in [0, 0.05) is 6.42 Å². The van der Waals surface area contributed by atoms with E-state index in [4.69, 9.17) is 4.74 Å². The van der Waals surface area contributed by atoms with E-state index in [0.29, 0.717) is 6.42 Å². The van der Waals surface area contributed by atoms with Gasteiger partial charge in [0.2, 0.25) is 11.8 Å². The van der Waals surface area contributed by atoms with Crippen molar-refractivity contribution in [3.05, 3.63) is 64.5 Å². The Labute approximate surface area is 199 Å². The number of aryl methyl sites for hydroxylation is 1. The van der Waals surface area contributed by atoms with Crippen LogP contribution in [0.3, 0.4) is 0 Å². The molecule has 0 spiro atoms. The van der Waals surface area contributed by atoms with E-state index < -0.39 is 35.6 Å². The average molecular weight is 479 g/mol. The van der Waals surface area contributed by atoms with Crippen LogP contribution in [0.2, 0.25) is 0 Å². The first-order valence-corrected chi connectivity index (χ1v) is 11.4. The van der Waals surface area contributed by atoms with E-state index in [1.54, 1.807) is 6.07 Å². The molecule has 1 aliphatic carbocycles. The van der Waals surface area contributed by atoms with Crippen molar-refractivity contribution in [3.63, 3.8) is 0 Å². The second-order valence-corrected chi connectivity index (χ2v) is 8.80. The van der Waals surface area contributed by atoms with Gasteiger partial charge in [-0.1, -0.05) is 6.07 Å². The number of ether oxygens (including phenoxy) is 1. The summed E-state index contributed by atoms with van der Waals surface area (Å²) < 4.78 is 19.3. The summed E-state index contributed by atoms with van der Waals surface area (Å²) in [4.78, 5) is 62.6. The maximum Gasteiger partial charge on any atom is 0.262 e. The van der Waals surface area contributed by atoms with Crippen LogP contribution in [0, 0.1) is 5.82 Å². The molecule has 2 aliphatic heterocycles. The number of hydrogen-bond donors (Lipinski definition) is 2. The molecule has 1 unspecified atom stereocenters. The number of carbonyl (C=O) groups is 5. The maximum absolute atomic E-state index is 13.7. The first-order valence-electron chi connectivity index (χ1n) is 11.4. The second-order valence-electron chi connectivity index (χ2n) is 8.80. The highest BCUT2D eigenvalue weighted by atomic mass is 19.1. The molecule has 9 nitrogen and oxygen atoms in total. The van der Waals surface area contributed by atoms with E-state index in [9.17, 15) is 28.4 Å². The van der Waals surface area contributed by atoms with Gasteiger partial charge >= 0.3 is 0 Å². The van der Waals surface area contributed by atoms with Crippen LogP contribution in [0.1, 0.15) is 63.6 Å². The lowest BCUT2D eigenvalue weighted by Crippen LogP contribution is -2.54. The van der Waals surface area contributed by atoms with Gasteiger partial charge in [-0.15, -0.1) is 0 Å². The van der Waals surface area contributed by atoms with Crippen molar-refractivity contribution in [3.8, 4) is 5.75 Å². The largest absolute Gasteiger partial charge is 0.484 e. The Balaban J connectivity index is 1.24. The number of fused-ring (bicyclic) bond motifs is 2. The summed E-state index contributed by atoms with van der Waals surface area (Å²) in [5, 5.41) is 5.01. The summed E-state index contributed by atoms with van der Waals surface area (Å²) >= 11 is 0. The molecule has 2 aromatic rings. The van der Waals surface area contributed by atoms with Crippen LogP contribution in [0.4, 0.5) is 4.39 Å². The van der Waals surface area contributed by atoms with Crippen LogP contribution in [-0.4, -0.2) is 47.1 Å². The fourth-order valence-corrected chi connectivity index (χ4v) is 4.84. The Hall–Kier alpha value is -4.08. The van der Waals surface area contributed by atoms with E-state index in [-0.39, 0.29) is 48.2 Å². The molecule has 5 amide bonds. The van der Waals surface area contributed by atoms with Gasteiger partial charge in [-0.25, -0.2) is 4.39 Å². The number of nitrogens with one attached hydrogen (secondary N) is 2. The fraction of sp³-hybridized carbons (Fsp3) is 0.320. The van der Waals surface area contributed by atoms with Gasteiger partial charge in [-0.05, 0) is 67.1 Å². The Kier molecular flexibility index (Phi) is 5.80. The smallest absolute Gasteiger partial charge is 0.262 e. The van der Waals surface area contributed by atoms with Crippen molar-refractivity contribution < 1.29 is 33.1 Å². The van der Waals surface area contributed by atoms with Gasteiger partial charge in [-0.3, -0.25) is 34.2 Å². The SMILES string of the molecule is O=C1CCC(N2C(=O)c3ccc(OCC(=O)N[C@@H]4CCCc5ccc(F)cc54)cc3C2=O)C(=O)N1. The van der Waals surface area contributed by atoms with E-state index in [1.807, 2.05) is 0 Å². The monoisotopic (exact) mass is 479 g/mol. The molecule has 0 saturated carbocycles. The summed E-state index contributed by atoms with van der Waals surface area (Å²) in [6.07, 6.45) is 2.48. The van der Waals surface area contributed by atoms with Crippen LogP contribution >= 0.6 is 0 Å². The number of carbonyl (C=O) groups excluding carboxylic acids is 5. The topological polar surface area (TPSA) is 122 Å². The van der Waals surface area contributed by atoms with Gasteiger partial charge in [0.1, 0.15) is 17.6 Å². The fourth-order valence-electron chi connectivity index (χ4n) is 4.84. The minimum atomic E-state index is -1.06. The van der Waals surface area contributed by atoms with E-state index in [2.05, 4.69) is 10.6 Å². The number of hydrogen-bond acceptors (Lipinski definition) is 6. The molecule has 3 aliphatic rings. The molecule has 0 aromatic heterocycles. The molecule has 180 valence electrons. The third kappa shape index (κ3) is 4.27. The molecule has 35 heavy (non-hydrogen) atoms. The molecule has 2 atom stereocenters. The normalized spacial score (nSPS) is 21.3. The van der Waals surface area contributed by atoms with Crippen LogP contribution in [-0.2, 0) is 20.8 Å². The molecular formula is C25H22FN3O6. The number of nitrogens with zero attached hydrogens (tertiary/aromatic N) is 1.